The van der Waals surface area contributed by atoms with E-state index in [0.717, 1.165) is 19.5 Å². The third-order valence-corrected chi connectivity index (χ3v) is 4.72. The van der Waals surface area contributed by atoms with Crippen molar-refractivity contribution < 1.29 is 38.5 Å². The Morgan fingerprint density at radius 2 is 1.10 bits per heavy atom. The van der Waals surface area contributed by atoms with E-state index in [4.69, 9.17) is 19.3 Å². The first-order chi connectivity index (χ1) is 18.1. The summed E-state index contributed by atoms with van der Waals surface area (Å²) in [6, 6.07) is -1.58. The predicted octanol–water partition coefficient (Wildman–Crippen LogP) is 3.73. The molecule has 0 saturated heterocycles. The van der Waals surface area contributed by atoms with Gasteiger partial charge < -0.3 is 39.8 Å². The number of carbonyl (C=O) groups is 4. The smallest absolute Gasteiger partial charge is 0.408 e. The zero-order chi connectivity index (χ0) is 31.7. The molecule has 12 nitrogen and oxygen atoms in total. The Bertz CT molecular complexity index is 758. The van der Waals surface area contributed by atoms with Crippen molar-refractivity contribution in [3.05, 3.63) is 0 Å². The van der Waals surface area contributed by atoms with Gasteiger partial charge in [0.05, 0.1) is 6.61 Å². The highest BCUT2D eigenvalue weighted by Crippen LogP contribution is 2.10. The van der Waals surface area contributed by atoms with Crippen molar-refractivity contribution in [3.8, 4) is 0 Å². The van der Waals surface area contributed by atoms with E-state index in [1.54, 1.807) is 41.5 Å². The quantitative estimate of drug-likeness (QED) is 0.206. The van der Waals surface area contributed by atoms with E-state index in [1.807, 2.05) is 51.8 Å². The van der Waals surface area contributed by atoms with Gasteiger partial charge in [-0.25, -0.2) is 19.2 Å². The summed E-state index contributed by atoms with van der Waals surface area (Å²) in [6.45, 7) is 16.4. The Morgan fingerprint density at radius 1 is 0.725 bits per heavy atom. The van der Waals surface area contributed by atoms with Gasteiger partial charge in [-0.05, 0) is 114 Å². The van der Waals surface area contributed by atoms with Crippen LogP contribution in [0.25, 0.3) is 0 Å². The van der Waals surface area contributed by atoms with Crippen molar-refractivity contribution in [2.45, 2.75) is 104 Å². The van der Waals surface area contributed by atoms with Gasteiger partial charge in [-0.3, -0.25) is 0 Å². The van der Waals surface area contributed by atoms with Gasteiger partial charge in [0, 0.05) is 0 Å². The molecule has 0 aromatic rings. The fraction of sp³-hybridized carbons (Fsp3) is 0.857. The van der Waals surface area contributed by atoms with Crippen LogP contribution in [0.1, 0.15) is 81.1 Å². The van der Waals surface area contributed by atoms with Crippen LogP contribution in [0.5, 0.6) is 0 Å². The van der Waals surface area contributed by atoms with E-state index < -0.39 is 47.4 Å². The molecule has 0 spiro atoms. The minimum Gasteiger partial charge on any atom is -0.480 e. The van der Waals surface area contributed by atoms with Crippen LogP contribution in [0.3, 0.4) is 0 Å². The average Bonchev–Trinajstić information content (AvgIpc) is 2.73. The fourth-order valence-corrected chi connectivity index (χ4v) is 2.98. The Kier molecular flexibility index (Phi) is 19.2. The number of carbonyl (C=O) groups excluding carboxylic acids is 3. The lowest BCUT2D eigenvalue weighted by atomic mass is 10.1. The molecule has 0 heterocycles. The largest absolute Gasteiger partial charge is 0.480 e. The lowest BCUT2D eigenvalue weighted by molar-refractivity contribution is -0.147. The molecule has 236 valence electrons. The van der Waals surface area contributed by atoms with Crippen LogP contribution in [0.15, 0.2) is 0 Å². The zero-order valence-electron chi connectivity index (χ0n) is 26.9. The number of nitrogens with zero attached hydrogens (tertiary/aromatic N) is 2. The van der Waals surface area contributed by atoms with E-state index >= 15 is 0 Å². The van der Waals surface area contributed by atoms with Crippen molar-refractivity contribution in [2.75, 3.05) is 47.9 Å². The van der Waals surface area contributed by atoms with Crippen molar-refractivity contribution in [1.82, 2.24) is 20.4 Å². The second-order valence-electron chi connectivity index (χ2n) is 12.7. The second kappa shape index (κ2) is 19.5. The SMILES string of the molecule is CC(C)COC(=O)[C@H](CCCN(C)C)NC(=O)OC(C)(C)C.CN(C)CCC[C@H](NC(=O)OC(C)(C)C)C(=O)O. The molecule has 0 saturated carbocycles. The Balaban J connectivity index is 0. The highest BCUT2D eigenvalue weighted by Gasteiger charge is 2.26. The second-order valence-corrected chi connectivity index (χ2v) is 12.7. The minimum absolute atomic E-state index is 0.257. The van der Waals surface area contributed by atoms with Gasteiger partial charge in [0.15, 0.2) is 0 Å². The molecule has 0 radical (unpaired) electrons. The standard InChI is InChI=1S/C16H32N2O4.C12H24N2O4/c1-12(2)11-21-14(19)13(9-8-10-18(6)7)17-15(20)22-16(3,4)5;1-12(2,3)18-11(17)13-9(10(15)16)7-6-8-14(4)5/h12-13H,8-11H2,1-7H3,(H,17,20);9H,6-8H2,1-5H3,(H,13,17)(H,15,16)/t13-;9-/m00/s1. The molecule has 2 amide bonds. The lowest BCUT2D eigenvalue weighted by Crippen LogP contribution is -2.44. The third-order valence-electron chi connectivity index (χ3n) is 4.72. The molecule has 0 aliphatic carbocycles. The maximum atomic E-state index is 12.1. The predicted molar refractivity (Wildman–Crippen MR) is 155 cm³/mol. The van der Waals surface area contributed by atoms with Crippen LogP contribution in [-0.2, 0) is 23.8 Å². The lowest BCUT2D eigenvalue weighted by Gasteiger charge is -2.23. The van der Waals surface area contributed by atoms with Crippen molar-refractivity contribution in [3.63, 3.8) is 0 Å². The van der Waals surface area contributed by atoms with Gasteiger partial charge in [-0.1, -0.05) is 13.8 Å². The summed E-state index contributed by atoms with van der Waals surface area (Å²) in [5.41, 5.74) is -1.23. The summed E-state index contributed by atoms with van der Waals surface area (Å²) in [5, 5.41) is 14.0. The number of aliphatic carboxylic acids is 1. The first-order valence-electron chi connectivity index (χ1n) is 13.8. The molecule has 2 atom stereocenters. The van der Waals surface area contributed by atoms with E-state index in [0.29, 0.717) is 25.9 Å². The van der Waals surface area contributed by atoms with Crippen LogP contribution in [0.4, 0.5) is 9.59 Å². The van der Waals surface area contributed by atoms with E-state index in [9.17, 15) is 19.2 Å². The molecule has 40 heavy (non-hydrogen) atoms. The van der Waals surface area contributed by atoms with Crippen molar-refractivity contribution in [1.29, 1.82) is 0 Å². The van der Waals surface area contributed by atoms with Crippen LogP contribution in [0.2, 0.25) is 0 Å². The number of carboxylic acid groups (broad SMARTS) is 1. The number of ether oxygens (including phenoxy) is 3. The third kappa shape index (κ3) is 25.7. The molecular weight excluding hydrogens is 520 g/mol. The summed E-state index contributed by atoms with van der Waals surface area (Å²) in [7, 11) is 7.76. The summed E-state index contributed by atoms with van der Waals surface area (Å²) < 4.78 is 15.5. The van der Waals surface area contributed by atoms with Gasteiger partial charge in [-0.15, -0.1) is 0 Å². The number of nitrogens with one attached hydrogen (secondary N) is 2. The monoisotopic (exact) mass is 576 g/mol. The van der Waals surface area contributed by atoms with E-state index in [-0.39, 0.29) is 5.92 Å². The summed E-state index contributed by atoms with van der Waals surface area (Å²) >= 11 is 0. The molecule has 0 fully saturated rings. The summed E-state index contributed by atoms with van der Waals surface area (Å²) in [4.78, 5) is 50.4. The maximum absolute atomic E-state index is 12.1. The number of amides is 2. The number of hydrogen-bond acceptors (Lipinski definition) is 9. The maximum Gasteiger partial charge on any atom is 0.408 e. The van der Waals surface area contributed by atoms with Crippen LogP contribution >= 0.6 is 0 Å². The number of rotatable bonds is 14. The molecular formula is C28H56N4O8. The van der Waals surface area contributed by atoms with Crippen LogP contribution in [0, 0.1) is 5.92 Å². The van der Waals surface area contributed by atoms with Gasteiger partial charge in [0.25, 0.3) is 0 Å². The minimum atomic E-state index is -1.04. The Morgan fingerprint density at radius 3 is 1.43 bits per heavy atom. The van der Waals surface area contributed by atoms with Gasteiger partial charge in [0.1, 0.15) is 23.3 Å². The Labute approximate surface area is 241 Å². The molecule has 0 aliphatic rings. The number of alkyl carbamates (subject to hydrolysis) is 2. The number of hydrogen-bond donors (Lipinski definition) is 3. The topological polar surface area (TPSA) is 147 Å². The molecule has 0 rings (SSSR count). The van der Waals surface area contributed by atoms with E-state index in [2.05, 4.69) is 10.6 Å². The molecule has 0 aromatic heterocycles. The molecule has 3 N–H and O–H groups in total. The van der Waals surface area contributed by atoms with E-state index in [1.165, 1.54) is 0 Å². The van der Waals surface area contributed by atoms with Gasteiger partial charge in [0.2, 0.25) is 0 Å². The zero-order valence-corrected chi connectivity index (χ0v) is 26.9. The first kappa shape index (κ1) is 39.5. The molecule has 0 aliphatic heterocycles. The molecule has 0 bridgehead atoms. The van der Waals surface area contributed by atoms with Gasteiger partial charge >= 0.3 is 24.1 Å². The van der Waals surface area contributed by atoms with Crippen LogP contribution < -0.4 is 10.6 Å². The highest BCUT2D eigenvalue weighted by atomic mass is 16.6. The normalized spacial score (nSPS) is 13.2. The van der Waals surface area contributed by atoms with Crippen molar-refractivity contribution in [2.24, 2.45) is 5.92 Å². The molecule has 0 aromatic carbocycles. The van der Waals surface area contributed by atoms with Gasteiger partial charge in [-0.2, -0.15) is 0 Å². The summed E-state index contributed by atoms with van der Waals surface area (Å²) in [5.74, 6) is -1.19. The molecule has 0 unspecified atom stereocenters. The first-order valence-corrected chi connectivity index (χ1v) is 13.8. The highest BCUT2D eigenvalue weighted by molar-refractivity contribution is 5.81. The van der Waals surface area contributed by atoms with Crippen molar-refractivity contribution >= 4 is 24.1 Å². The number of esters is 1. The summed E-state index contributed by atoms with van der Waals surface area (Å²) in [6.07, 6.45) is 1.09. The van der Waals surface area contributed by atoms with Crippen LogP contribution in [-0.4, -0.2) is 110 Å². The fourth-order valence-electron chi connectivity index (χ4n) is 2.98. The Hall–Kier alpha value is -2.60. The average molecular weight is 577 g/mol. The molecule has 12 heteroatoms. The number of carboxylic acids is 1.